The van der Waals surface area contributed by atoms with E-state index in [0.717, 1.165) is 0 Å². The molecule has 0 aliphatic carbocycles. The fourth-order valence-electron chi connectivity index (χ4n) is 0.377. The van der Waals surface area contributed by atoms with E-state index in [2.05, 4.69) is 25.9 Å². The highest BCUT2D eigenvalue weighted by atomic mass is 79.9. The maximum atomic E-state index is 7.21. The molecule has 9 heavy (non-hydrogen) atoms. The molecule has 0 fully saturated rings. The number of hydrogen-bond acceptors (Lipinski definition) is 3. The van der Waals surface area contributed by atoms with Crippen molar-refractivity contribution < 1.29 is 7.48 Å². The van der Waals surface area contributed by atoms with Crippen LogP contribution in [-0.4, -0.2) is 17.1 Å². The number of halogens is 1. The molecule has 1 aromatic rings. The van der Waals surface area contributed by atoms with Gasteiger partial charge >= 0.3 is 0 Å². The monoisotopic (exact) mass is 190 g/mol. The zero-order valence-electron chi connectivity index (χ0n) is 6.68. The summed E-state index contributed by atoms with van der Waals surface area (Å²) in [5.74, 6) is 0.218. The molecule has 0 saturated heterocycles. The molecule has 1 rings (SSSR count). The SMILES string of the molecule is [2H]c1nc([2H])c(Br)c(OC)n1. The van der Waals surface area contributed by atoms with Crippen LogP contribution in [0.4, 0.5) is 0 Å². The second-order valence-corrected chi connectivity index (χ2v) is 2.05. The summed E-state index contributed by atoms with van der Waals surface area (Å²) in [6.07, 6.45) is -0.253. The van der Waals surface area contributed by atoms with E-state index < -0.39 is 0 Å². The van der Waals surface area contributed by atoms with Crippen molar-refractivity contribution in [3.05, 3.63) is 16.9 Å². The average Bonchev–Trinajstić information content (AvgIpc) is 1.96. The molecule has 0 atom stereocenters. The van der Waals surface area contributed by atoms with E-state index in [9.17, 15) is 0 Å². The zero-order chi connectivity index (χ0) is 8.43. The van der Waals surface area contributed by atoms with Crippen molar-refractivity contribution in [1.82, 2.24) is 9.97 Å². The Kier molecular flexibility index (Phi) is 1.30. The normalized spacial score (nSPS) is 12.2. The lowest BCUT2D eigenvalue weighted by Gasteiger charge is -1.96. The molecule has 48 valence electrons. The van der Waals surface area contributed by atoms with Crippen LogP contribution in [0.5, 0.6) is 5.88 Å². The summed E-state index contributed by atoms with van der Waals surface area (Å²) in [5, 5.41) is 0. The first-order valence-electron chi connectivity index (χ1n) is 3.20. The molecule has 0 bridgehead atoms. The van der Waals surface area contributed by atoms with Crippen molar-refractivity contribution >= 4 is 15.9 Å². The molecule has 0 amide bonds. The van der Waals surface area contributed by atoms with Crippen LogP contribution in [-0.2, 0) is 0 Å². The van der Waals surface area contributed by atoms with Crippen LogP contribution in [0.2, 0.25) is 0 Å². The second-order valence-electron chi connectivity index (χ2n) is 1.26. The number of methoxy groups -OCH3 is 1. The molecule has 0 spiro atoms. The standard InChI is InChI=1S/C5H5BrN2O/c1-9-5-4(6)2-7-3-8-5/h2-3H,1H3/i2D,3D. The first kappa shape index (κ1) is 4.22. The number of ether oxygens (including phenoxy) is 1. The van der Waals surface area contributed by atoms with E-state index >= 15 is 0 Å². The van der Waals surface area contributed by atoms with Gasteiger partial charge in [0.05, 0.1) is 13.0 Å². The minimum atomic E-state index is -0.213. The molecule has 0 unspecified atom stereocenters. The highest BCUT2D eigenvalue weighted by Crippen LogP contribution is 2.18. The molecule has 0 aliphatic rings. The van der Waals surface area contributed by atoms with E-state index in [-0.39, 0.29) is 18.4 Å². The Morgan fingerprint density at radius 2 is 2.67 bits per heavy atom. The third-order valence-electron chi connectivity index (χ3n) is 0.737. The van der Waals surface area contributed by atoms with Gasteiger partial charge in [-0.3, -0.25) is 0 Å². The molecule has 1 heterocycles. The first-order valence-corrected chi connectivity index (χ1v) is 2.99. The average molecular weight is 191 g/mol. The van der Waals surface area contributed by atoms with E-state index in [1.54, 1.807) is 0 Å². The van der Waals surface area contributed by atoms with Gasteiger partial charge in [-0.25, -0.2) is 9.97 Å². The first-order chi connectivity index (χ1) is 5.15. The van der Waals surface area contributed by atoms with Crippen LogP contribution < -0.4 is 4.74 Å². The lowest BCUT2D eigenvalue weighted by atomic mass is 10.6. The highest BCUT2D eigenvalue weighted by Gasteiger charge is 1.96. The minimum Gasteiger partial charge on any atom is -0.480 e. The Balaban J connectivity index is 3.24. The van der Waals surface area contributed by atoms with Gasteiger partial charge in [-0.2, -0.15) is 0 Å². The van der Waals surface area contributed by atoms with Gasteiger partial charge in [0.2, 0.25) is 5.88 Å². The number of nitrogens with zero attached hydrogens (tertiary/aromatic N) is 2. The smallest absolute Gasteiger partial charge is 0.230 e. The predicted molar refractivity (Wildman–Crippen MR) is 36.3 cm³/mol. The maximum absolute atomic E-state index is 7.21. The lowest BCUT2D eigenvalue weighted by Crippen LogP contribution is -1.88. The number of aromatic nitrogens is 2. The van der Waals surface area contributed by atoms with Crippen LogP contribution in [0.15, 0.2) is 16.9 Å². The minimum absolute atomic E-state index is 0.0400. The third-order valence-corrected chi connectivity index (χ3v) is 1.25. The Morgan fingerprint density at radius 1 is 1.89 bits per heavy atom. The van der Waals surface area contributed by atoms with E-state index in [0.29, 0.717) is 4.47 Å². The van der Waals surface area contributed by atoms with Crippen LogP contribution in [0, 0.1) is 0 Å². The summed E-state index contributed by atoms with van der Waals surface area (Å²) in [4.78, 5) is 7.10. The molecule has 0 N–H and O–H groups in total. The molecule has 0 aromatic carbocycles. The molecule has 0 aliphatic heterocycles. The van der Waals surface area contributed by atoms with Crippen molar-refractivity contribution in [2.45, 2.75) is 0 Å². The number of rotatable bonds is 1. The Labute approximate surface area is 64.0 Å². The van der Waals surface area contributed by atoms with E-state index in [1.165, 1.54) is 7.11 Å². The van der Waals surface area contributed by atoms with Crippen LogP contribution in [0.1, 0.15) is 2.74 Å². The fourth-order valence-corrected chi connectivity index (χ4v) is 0.716. The van der Waals surface area contributed by atoms with Crippen molar-refractivity contribution in [2.75, 3.05) is 7.11 Å². The summed E-state index contributed by atoms with van der Waals surface area (Å²) in [6.45, 7) is 0. The predicted octanol–water partition coefficient (Wildman–Crippen LogP) is 1.25. The topological polar surface area (TPSA) is 35.0 Å². The zero-order valence-corrected chi connectivity index (χ0v) is 6.27. The molecular weight excluding hydrogens is 184 g/mol. The van der Waals surface area contributed by atoms with Crippen molar-refractivity contribution in [3.63, 3.8) is 0 Å². The number of hydrogen-bond donors (Lipinski definition) is 0. The van der Waals surface area contributed by atoms with Gasteiger partial charge in [0.25, 0.3) is 0 Å². The largest absolute Gasteiger partial charge is 0.480 e. The van der Waals surface area contributed by atoms with Crippen LogP contribution in [0.25, 0.3) is 0 Å². The van der Waals surface area contributed by atoms with Gasteiger partial charge in [-0.1, -0.05) is 0 Å². The van der Waals surface area contributed by atoms with Gasteiger partial charge in [0.15, 0.2) is 0 Å². The molecule has 3 nitrogen and oxygen atoms in total. The van der Waals surface area contributed by atoms with Crippen LogP contribution >= 0.6 is 15.9 Å². The van der Waals surface area contributed by atoms with Gasteiger partial charge < -0.3 is 4.74 Å². The molecule has 1 aromatic heterocycles. The Morgan fingerprint density at radius 3 is 3.33 bits per heavy atom. The molecular formula is C5H5BrN2O. The third kappa shape index (κ3) is 1.38. The maximum Gasteiger partial charge on any atom is 0.230 e. The van der Waals surface area contributed by atoms with Gasteiger partial charge in [-0.15, -0.1) is 0 Å². The second kappa shape index (κ2) is 2.77. The van der Waals surface area contributed by atoms with E-state index in [4.69, 9.17) is 7.48 Å². The van der Waals surface area contributed by atoms with E-state index in [1.807, 2.05) is 0 Å². The summed E-state index contributed by atoms with van der Waals surface area (Å²) < 4.78 is 19.4. The van der Waals surface area contributed by atoms with Gasteiger partial charge in [0, 0.05) is 6.17 Å². The lowest BCUT2D eigenvalue weighted by molar-refractivity contribution is 0.394. The van der Waals surface area contributed by atoms with Gasteiger partial charge in [-0.05, 0) is 15.9 Å². The fraction of sp³-hybridized carbons (Fsp3) is 0.200. The van der Waals surface area contributed by atoms with Crippen molar-refractivity contribution in [3.8, 4) is 5.88 Å². The summed E-state index contributed by atoms with van der Waals surface area (Å²) in [7, 11) is 1.42. The molecule has 0 radical (unpaired) electrons. The van der Waals surface area contributed by atoms with Gasteiger partial charge in [0.1, 0.15) is 7.67 Å². The summed E-state index contributed by atoms with van der Waals surface area (Å²) in [5.41, 5.74) is 0. The highest BCUT2D eigenvalue weighted by molar-refractivity contribution is 9.10. The molecule has 4 heteroatoms. The Hall–Kier alpha value is -0.640. The van der Waals surface area contributed by atoms with Crippen molar-refractivity contribution in [2.24, 2.45) is 0 Å². The van der Waals surface area contributed by atoms with Crippen LogP contribution in [0.3, 0.4) is 0 Å². The summed E-state index contributed by atoms with van der Waals surface area (Å²) in [6, 6.07) is 0. The quantitative estimate of drug-likeness (QED) is 0.669. The summed E-state index contributed by atoms with van der Waals surface area (Å²) >= 11 is 3.05. The van der Waals surface area contributed by atoms with Crippen molar-refractivity contribution in [1.29, 1.82) is 0 Å². The molecule has 0 saturated carbocycles. The Bertz CT molecular complexity index is 281.